The van der Waals surface area contributed by atoms with Crippen LogP contribution in [0.4, 0.5) is 0 Å². The van der Waals surface area contributed by atoms with Crippen LogP contribution in [0.25, 0.3) is 0 Å². The number of phenols is 1. The zero-order valence-electron chi connectivity index (χ0n) is 10.9. The molecule has 18 heavy (non-hydrogen) atoms. The number of phenolic OH excluding ortho intramolecular Hbond substituents is 1. The van der Waals surface area contributed by atoms with Crippen molar-refractivity contribution in [1.29, 1.82) is 0 Å². The van der Waals surface area contributed by atoms with Crippen LogP contribution in [0.5, 0.6) is 5.75 Å². The average molecular weight is 252 g/mol. The molecule has 0 heterocycles. The summed E-state index contributed by atoms with van der Waals surface area (Å²) in [5.74, 6) is -2.00. The number of carboxylic acid groups (broad SMARTS) is 1. The molecule has 100 valence electrons. The Kier molecular flexibility index (Phi) is 4.35. The third-order valence-electron chi connectivity index (χ3n) is 3.35. The van der Waals surface area contributed by atoms with Gasteiger partial charge < -0.3 is 15.3 Å². The summed E-state index contributed by atoms with van der Waals surface area (Å²) in [5.41, 5.74) is -0.905. The van der Waals surface area contributed by atoms with Crippen molar-refractivity contribution in [2.45, 2.75) is 32.8 Å². The normalized spacial score (nSPS) is 16.3. The van der Waals surface area contributed by atoms with E-state index < -0.39 is 17.5 Å². The van der Waals surface area contributed by atoms with Gasteiger partial charge in [-0.25, -0.2) is 0 Å². The van der Waals surface area contributed by atoms with Gasteiger partial charge in [-0.05, 0) is 30.0 Å². The van der Waals surface area contributed by atoms with Crippen LogP contribution in [0.3, 0.4) is 0 Å². The molecule has 0 aliphatic carbocycles. The van der Waals surface area contributed by atoms with Crippen LogP contribution in [0.2, 0.25) is 0 Å². The van der Waals surface area contributed by atoms with E-state index in [2.05, 4.69) is 0 Å². The molecular weight excluding hydrogens is 232 g/mol. The molecule has 0 bridgehead atoms. The van der Waals surface area contributed by atoms with Gasteiger partial charge in [0.1, 0.15) is 11.4 Å². The van der Waals surface area contributed by atoms with Crippen molar-refractivity contribution in [1.82, 2.24) is 0 Å². The molecule has 4 nitrogen and oxygen atoms in total. The van der Waals surface area contributed by atoms with E-state index in [4.69, 9.17) is 0 Å². The highest BCUT2D eigenvalue weighted by molar-refractivity contribution is 5.72. The van der Waals surface area contributed by atoms with E-state index in [9.17, 15) is 20.1 Å². The fourth-order valence-corrected chi connectivity index (χ4v) is 2.39. The quantitative estimate of drug-likeness (QED) is 0.751. The van der Waals surface area contributed by atoms with Crippen molar-refractivity contribution < 1.29 is 20.1 Å². The van der Waals surface area contributed by atoms with Crippen molar-refractivity contribution in [2.24, 2.45) is 11.8 Å². The number of aliphatic hydroxyl groups is 1. The Bertz CT molecular complexity index is 410. The van der Waals surface area contributed by atoms with Crippen molar-refractivity contribution in [3.05, 3.63) is 29.8 Å². The first kappa shape index (κ1) is 14.5. The second kappa shape index (κ2) is 5.40. The molecule has 0 spiro atoms. The monoisotopic (exact) mass is 252 g/mol. The highest BCUT2D eigenvalue weighted by atomic mass is 16.4. The summed E-state index contributed by atoms with van der Waals surface area (Å²) >= 11 is 0. The lowest BCUT2D eigenvalue weighted by Gasteiger charge is -2.35. The summed E-state index contributed by atoms with van der Waals surface area (Å²) in [6.45, 7) is 5.31. The van der Waals surface area contributed by atoms with Crippen LogP contribution in [-0.4, -0.2) is 21.3 Å². The second-order valence-electron chi connectivity index (χ2n) is 4.88. The maximum atomic E-state index is 11.4. The predicted octanol–water partition coefficient (Wildman–Crippen LogP) is 2.35. The molecule has 0 radical (unpaired) electrons. The van der Waals surface area contributed by atoms with E-state index in [-0.39, 0.29) is 11.7 Å². The maximum Gasteiger partial charge on any atom is 0.310 e. The molecule has 1 aromatic rings. The topological polar surface area (TPSA) is 77.8 Å². The van der Waals surface area contributed by atoms with E-state index in [1.165, 1.54) is 12.1 Å². The van der Waals surface area contributed by atoms with Crippen molar-refractivity contribution >= 4 is 5.97 Å². The van der Waals surface area contributed by atoms with E-state index in [1.807, 2.05) is 0 Å². The van der Waals surface area contributed by atoms with Gasteiger partial charge in [-0.2, -0.15) is 0 Å². The first-order chi connectivity index (χ1) is 8.32. The molecule has 0 amide bonds. The first-order valence-electron chi connectivity index (χ1n) is 6.07. The third kappa shape index (κ3) is 2.64. The third-order valence-corrected chi connectivity index (χ3v) is 3.35. The molecular formula is C14H20O4. The maximum absolute atomic E-state index is 11.4. The molecule has 1 rings (SSSR count). The molecule has 0 aliphatic rings. The van der Waals surface area contributed by atoms with Gasteiger partial charge in [-0.1, -0.05) is 32.9 Å². The van der Waals surface area contributed by atoms with Gasteiger partial charge in [0.25, 0.3) is 0 Å². The van der Waals surface area contributed by atoms with E-state index in [1.54, 1.807) is 32.9 Å². The molecule has 0 fully saturated rings. The van der Waals surface area contributed by atoms with Gasteiger partial charge in [0.05, 0.1) is 5.92 Å². The minimum absolute atomic E-state index is 0.0913. The molecule has 2 atom stereocenters. The molecule has 3 N–H and O–H groups in total. The van der Waals surface area contributed by atoms with Crippen LogP contribution in [0.1, 0.15) is 32.8 Å². The van der Waals surface area contributed by atoms with Gasteiger partial charge in [0.15, 0.2) is 0 Å². The number of carbonyl (C=O) groups is 1. The van der Waals surface area contributed by atoms with E-state index >= 15 is 0 Å². The summed E-state index contributed by atoms with van der Waals surface area (Å²) in [5, 5.41) is 29.3. The summed E-state index contributed by atoms with van der Waals surface area (Å²) < 4.78 is 0. The van der Waals surface area contributed by atoms with Crippen molar-refractivity contribution in [3.8, 4) is 5.75 Å². The first-order valence-corrected chi connectivity index (χ1v) is 6.07. The summed E-state index contributed by atoms with van der Waals surface area (Å²) in [4.78, 5) is 11.4. The molecule has 0 aliphatic heterocycles. The minimum Gasteiger partial charge on any atom is -0.508 e. The molecule has 0 saturated carbocycles. The van der Waals surface area contributed by atoms with Crippen LogP contribution in [-0.2, 0) is 10.4 Å². The van der Waals surface area contributed by atoms with Crippen molar-refractivity contribution in [3.63, 3.8) is 0 Å². The van der Waals surface area contributed by atoms with Gasteiger partial charge in [0, 0.05) is 0 Å². The van der Waals surface area contributed by atoms with E-state index in [0.29, 0.717) is 12.0 Å². The number of aromatic hydroxyl groups is 1. The zero-order valence-corrected chi connectivity index (χ0v) is 10.9. The fraction of sp³-hybridized carbons (Fsp3) is 0.500. The Labute approximate surface area is 107 Å². The number of hydrogen-bond donors (Lipinski definition) is 3. The van der Waals surface area contributed by atoms with Crippen LogP contribution >= 0.6 is 0 Å². The number of rotatable bonds is 5. The Morgan fingerprint density at radius 1 is 1.28 bits per heavy atom. The Hall–Kier alpha value is -1.55. The molecule has 0 saturated heterocycles. The largest absolute Gasteiger partial charge is 0.508 e. The zero-order chi connectivity index (χ0) is 13.9. The van der Waals surface area contributed by atoms with Crippen LogP contribution in [0, 0.1) is 11.8 Å². The Balaban J connectivity index is 3.26. The van der Waals surface area contributed by atoms with Gasteiger partial charge in [-0.3, -0.25) is 4.79 Å². The summed E-state index contributed by atoms with van der Waals surface area (Å²) in [6.07, 6.45) is 0.299. The Morgan fingerprint density at radius 2 is 1.78 bits per heavy atom. The number of aliphatic carboxylic acids is 1. The highest BCUT2D eigenvalue weighted by Crippen LogP contribution is 2.38. The highest BCUT2D eigenvalue weighted by Gasteiger charge is 2.43. The Morgan fingerprint density at radius 3 is 2.11 bits per heavy atom. The number of carboxylic acids is 1. The number of benzene rings is 1. The summed E-state index contributed by atoms with van der Waals surface area (Å²) in [6, 6.07) is 6.04. The van der Waals surface area contributed by atoms with Gasteiger partial charge in [-0.15, -0.1) is 0 Å². The summed E-state index contributed by atoms with van der Waals surface area (Å²) in [7, 11) is 0. The van der Waals surface area contributed by atoms with E-state index in [0.717, 1.165) is 0 Å². The predicted molar refractivity (Wildman–Crippen MR) is 68.3 cm³/mol. The van der Waals surface area contributed by atoms with Crippen molar-refractivity contribution in [2.75, 3.05) is 0 Å². The van der Waals surface area contributed by atoms with Crippen LogP contribution in [0.15, 0.2) is 24.3 Å². The lowest BCUT2D eigenvalue weighted by atomic mass is 9.74. The smallest absolute Gasteiger partial charge is 0.310 e. The molecule has 1 aromatic carbocycles. The van der Waals surface area contributed by atoms with Crippen LogP contribution < -0.4 is 0 Å². The number of hydrogen-bond acceptors (Lipinski definition) is 3. The second-order valence-corrected chi connectivity index (χ2v) is 4.88. The SMILES string of the molecule is CCC(O)(c1ccc(O)cc1)C(C(=O)O)C(C)C. The molecule has 0 aromatic heterocycles. The lowest BCUT2D eigenvalue weighted by Crippen LogP contribution is -2.42. The van der Waals surface area contributed by atoms with Gasteiger partial charge in [0.2, 0.25) is 0 Å². The minimum atomic E-state index is -1.42. The fourth-order valence-electron chi connectivity index (χ4n) is 2.39. The lowest BCUT2D eigenvalue weighted by molar-refractivity contribution is -0.157. The molecule has 4 heteroatoms. The standard InChI is InChI=1S/C14H20O4/c1-4-14(18,12(9(2)3)13(16)17)10-5-7-11(15)8-6-10/h5-9,12,15,18H,4H2,1-3H3,(H,16,17). The molecule has 2 unspecified atom stereocenters. The van der Waals surface area contributed by atoms with Gasteiger partial charge >= 0.3 is 5.97 Å². The average Bonchev–Trinajstić information content (AvgIpc) is 2.28.